The summed E-state index contributed by atoms with van der Waals surface area (Å²) in [7, 11) is 0. The van der Waals surface area contributed by atoms with Gasteiger partial charge >= 0.3 is 0 Å². The summed E-state index contributed by atoms with van der Waals surface area (Å²) in [5, 5.41) is 8.63. The Morgan fingerprint density at radius 1 is 0.524 bits per heavy atom. The number of phenols is 1. The molecule has 0 aromatic heterocycles. The highest BCUT2D eigenvalue weighted by Crippen LogP contribution is 2.35. The summed E-state index contributed by atoms with van der Waals surface area (Å²) < 4.78 is 0. The minimum Gasteiger partial charge on any atom is -0.508 e. The van der Waals surface area contributed by atoms with Gasteiger partial charge in [-0.25, -0.2) is 0 Å². The van der Waals surface area contributed by atoms with E-state index in [4.69, 9.17) is 5.11 Å². The predicted octanol–water partition coefficient (Wildman–Crippen LogP) is 4.29. The van der Waals surface area contributed by atoms with Gasteiger partial charge < -0.3 is 5.11 Å². The zero-order valence-corrected chi connectivity index (χ0v) is 11.4. The first-order valence-corrected chi connectivity index (χ1v) is 6.74. The van der Waals surface area contributed by atoms with Gasteiger partial charge in [-0.05, 0) is 23.3 Å². The molecule has 2 nitrogen and oxygen atoms in total. The first-order valence-electron chi connectivity index (χ1n) is 6.74. The minimum atomic E-state index is 0.149. The lowest BCUT2D eigenvalue weighted by Gasteiger charge is -1.96. The van der Waals surface area contributed by atoms with Gasteiger partial charge in [0.2, 0.25) is 0 Å². The quantitative estimate of drug-likeness (QED) is 0.519. The lowest BCUT2D eigenvalue weighted by molar-refractivity contribution is 0.104. The van der Waals surface area contributed by atoms with Crippen molar-refractivity contribution in [3.8, 4) is 16.9 Å². The fourth-order valence-corrected chi connectivity index (χ4v) is 2.41. The van der Waals surface area contributed by atoms with Gasteiger partial charge in [-0.1, -0.05) is 66.7 Å². The van der Waals surface area contributed by atoms with E-state index >= 15 is 0 Å². The van der Waals surface area contributed by atoms with E-state index in [2.05, 4.69) is 0 Å². The molecule has 0 spiro atoms. The van der Waals surface area contributed by atoms with Crippen LogP contribution in [0, 0.1) is 0 Å². The van der Waals surface area contributed by atoms with Gasteiger partial charge in [-0.3, -0.25) is 4.79 Å². The van der Waals surface area contributed by atoms with Gasteiger partial charge in [-0.15, -0.1) is 0 Å². The molecule has 0 atom stereocenters. The summed E-state index contributed by atoms with van der Waals surface area (Å²) in [5.74, 6) is 0.471. The zero-order valence-electron chi connectivity index (χ0n) is 11.4. The van der Waals surface area contributed by atoms with Crippen LogP contribution in [0.2, 0.25) is 0 Å². The number of hydrogen-bond donors (Lipinski definition) is 1. The number of carbonyl (C=O) groups excluding carboxylic acids is 1. The standard InChI is InChI=1S/C13H8O.C6H6O/c14-13-11-7-3-1-5-9(11)10-6-2-4-8-12(10)13;7-6-4-2-1-3-5-6/h1-8H;1-5,7H. The summed E-state index contributed by atoms with van der Waals surface area (Å²) in [6.45, 7) is 0. The maximum absolute atomic E-state index is 11.9. The molecule has 0 amide bonds. The van der Waals surface area contributed by atoms with E-state index < -0.39 is 0 Å². The molecule has 3 aromatic rings. The van der Waals surface area contributed by atoms with Crippen LogP contribution in [0.5, 0.6) is 5.75 Å². The average molecular weight is 274 g/mol. The highest BCUT2D eigenvalue weighted by Gasteiger charge is 2.24. The van der Waals surface area contributed by atoms with Gasteiger partial charge in [0, 0.05) is 11.1 Å². The summed E-state index contributed by atoms with van der Waals surface area (Å²) in [6.07, 6.45) is 0. The third-order valence-electron chi connectivity index (χ3n) is 3.39. The van der Waals surface area contributed by atoms with Crippen LogP contribution in [0.25, 0.3) is 11.1 Å². The van der Waals surface area contributed by atoms with Crippen molar-refractivity contribution in [2.24, 2.45) is 0 Å². The molecule has 4 rings (SSSR count). The Kier molecular flexibility index (Phi) is 3.52. The fraction of sp³-hybridized carbons (Fsp3) is 0. The smallest absolute Gasteiger partial charge is 0.194 e. The molecule has 0 fully saturated rings. The van der Waals surface area contributed by atoms with Crippen molar-refractivity contribution in [3.63, 3.8) is 0 Å². The molecule has 1 aliphatic carbocycles. The second kappa shape index (κ2) is 5.63. The van der Waals surface area contributed by atoms with Gasteiger partial charge in [0.1, 0.15) is 5.75 Å². The maximum atomic E-state index is 11.9. The molecule has 21 heavy (non-hydrogen) atoms. The van der Waals surface area contributed by atoms with Crippen molar-refractivity contribution in [2.75, 3.05) is 0 Å². The van der Waals surface area contributed by atoms with Gasteiger partial charge in [0.05, 0.1) is 0 Å². The Balaban J connectivity index is 0.000000160. The van der Waals surface area contributed by atoms with E-state index in [1.165, 1.54) is 0 Å². The van der Waals surface area contributed by atoms with Crippen LogP contribution in [-0.2, 0) is 0 Å². The second-order valence-electron chi connectivity index (χ2n) is 4.76. The predicted molar refractivity (Wildman–Crippen MR) is 83.4 cm³/mol. The highest BCUT2D eigenvalue weighted by molar-refractivity contribution is 6.21. The molecule has 3 aromatic carbocycles. The third kappa shape index (κ3) is 2.56. The Morgan fingerprint density at radius 3 is 1.29 bits per heavy atom. The lowest BCUT2D eigenvalue weighted by Crippen LogP contribution is -1.93. The van der Waals surface area contributed by atoms with E-state index in [9.17, 15) is 4.79 Å². The number of phenolic OH excluding ortho intramolecular Hbond substituents is 1. The topological polar surface area (TPSA) is 37.3 Å². The molecule has 0 unspecified atom stereocenters. The highest BCUT2D eigenvalue weighted by atomic mass is 16.3. The van der Waals surface area contributed by atoms with Crippen LogP contribution < -0.4 is 0 Å². The molecule has 1 N–H and O–H groups in total. The van der Waals surface area contributed by atoms with Gasteiger partial charge in [0.25, 0.3) is 0 Å². The van der Waals surface area contributed by atoms with Gasteiger partial charge in [0.15, 0.2) is 5.78 Å². The number of aromatic hydroxyl groups is 1. The fourth-order valence-electron chi connectivity index (χ4n) is 2.41. The van der Waals surface area contributed by atoms with E-state index in [0.717, 1.165) is 22.3 Å². The largest absolute Gasteiger partial charge is 0.508 e. The van der Waals surface area contributed by atoms with Crippen molar-refractivity contribution in [2.45, 2.75) is 0 Å². The van der Waals surface area contributed by atoms with Crippen molar-refractivity contribution in [1.29, 1.82) is 0 Å². The first kappa shape index (κ1) is 13.1. The third-order valence-corrected chi connectivity index (χ3v) is 3.39. The number of fused-ring (bicyclic) bond motifs is 3. The lowest BCUT2D eigenvalue weighted by atomic mass is 10.1. The Labute approximate surface area is 123 Å². The molecule has 0 saturated carbocycles. The molecule has 0 radical (unpaired) electrons. The summed E-state index contributed by atoms with van der Waals surface area (Å²) in [6, 6.07) is 24.2. The van der Waals surface area contributed by atoms with Crippen LogP contribution >= 0.6 is 0 Å². The van der Waals surface area contributed by atoms with Crippen molar-refractivity contribution in [1.82, 2.24) is 0 Å². The molecule has 0 heterocycles. The van der Waals surface area contributed by atoms with E-state index in [-0.39, 0.29) is 5.78 Å². The average Bonchev–Trinajstić information content (AvgIpc) is 2.83. The number of para-hydroxylation sites is 1. The Hall–Kier alpha value is -2.87. The van der Waals surface area contributed by atoms with Crippen molar-refractivity contribution in [3.05, 3.63) is 90.0 Å². The summed E-state index contributed by atoms with van der Waals surface area (Å²) in [4.78, 5) is 11.9. The maximum Gasteiger partial charge on any atom is 0.194 e. The molecular formula is C19H14O2. The van der Waals surface area contributed by atoms with Crippen LogP contribution in [0.1, 0.15) is 15.9 Å². The Morgan fingerprint density at radius 2 is 0.905 bits per heavy atom. The normalized spacial score (nSPS) is 11.1. The van der Waals surface area contributed by atoms with Crippen LogP contribution in [0.3, 0.4) is 0 Å². The molecule has 0 saturated heterocycles. The molecule has 1 aliphatic rings. The number of ketones is 1. The van der Waals surface area contributed by atoms with E-state index in [1.807, 2.05) is 54.6 Å². The van der Waals surface area contributed by atoms with Crippen LogP contribution in [-0.4, -0.2) is 10.9 Å². The number of rotatable bonds is 0. The second-order valence-corrected chi connectivity index (χ2v) is 4.76. The number of carbonyl (C=O) groups is 1. The molecule has 102 valence electrons. The van der Waals surface area contributed by atoms with Crippen molar-refractivity contribution >= 4 is 5.78 Å². The molecule has 0 bridgehead atoms. The van der Waals surface area contributed by atoms with Gasteiger partial charge in [-0.2, -0.15) is 0 Å². The van der Waals surface area contributed by atoms with Crippen LogP contribution in [0.15, 0.2) is 78.9 Å². The van der Waals surface area contributed by atoms with Crippen LogP contribution in [0.4, 0.5) is 0 Å². The zero-order chi connectivity index (χ0) is 14.7. The Bertz CT molecular complexity index is 729. The molecule has 0 aliphatic heterocycles. The number of hydrogen-bond acceptors (Lipinski definition) is 2. The molecular weight excluding hydrogens is 260 g/mol. The summed E-state index contributed by atoms with van der Waals surface area (Å²) >= 11 is 0. The monoisotopic (exact) mass is 274 g/mol. The number of benzene rings is 3. The molecule has 2 heteroatoms. The van der Waals surface area contributed by atoms with E-state index in [0.29, 0.717) is 5.75 Å². The minimum absolute atomic E-state index is 0.149. The van der Waals surface area contributed by atoms with Crippen molar-refractivity contribution < 1.29 is 9.90 Å². The SMILES string of the molecule is O=C1c2ccccc2-c2ccccc21.Oc1ccccc1. The summed E-state index contributed by atoms with van der Waals surface area (Å²) in [5.41, 5.74) is 3.78. The van der Waals surface area contributed by atoms with E-state index in [1.54, 1.807) is 24.3 Å². The first-order chi connectivity index (χ1) is 10.3.